The molecule has 35 heavy (non-hydrogen) atoms. The van der Waals surface area contributed by atoms with Crippen molar-refractivity contribution in [2.24, 2.45) is 0 Å². The molecule has 0 aliphatic carbocycles. The third kappa shape index (κ3) is 25.8. The maximum atomic E-state index is 12.0. The first-order valence-corrected chi connectivity index (χ1v) is 15.2. The third-order valence-electron chi connectivity index (χ3n) is 6.85. The second-order valence-electron chi connectivity index (χ2n) is 10.3. The van der Waals surface area contributed by atoms with Crippen molar-refractivity contribution in [2.45, 2.75) is 168 Å². The van der Waals surface area contributed by atoms with Crippen LogP contribution in [-0.2, 0) is 14.3 Å². The molecule has 0 bridgehead atoms. The molecule has 0 heterocycles. The van der Waals surface area contributed by atoms with Crippen molar-refractivity contribution in [1.82, 2.24) is 5.32 Å². The van der Waals surface area contributed by atoms with Crippen LogP contribution in [0.1, 0.15) is 162 Å². The number of aliphatic carboxylic acids is 1. The minimum absolute atomic E-state index is 0.0927. The Kier molecular flexibility index (Phi) is 26.6. The molecule has 208 valence electrons. The average molecular weight is 498 g/mol. The first-order valence-electron chi connectivity index (χ1n) is 15.2. The fraction of sp³-hybridized carbons (Fsp3) is 0.933. The van der Waals surface area contributed by atoms with E-state index in [1.54, 1.807) is 0 Å². The first-order chi connectivity index (χ1) is 17.1. The van der Waals surface area contributed by atoms with Gasteiger partial charge in [-0.05, 0) is 19.4 Å². The molecule has 0 aliphatic rings. The molecule has 0 saturated carbocycles. The number of rotatable bonds is 28. The molecule has 0 radical (unpaired) electrons. The van der Waals surface area contributed by atoms with Crippen LogP contribution < -0.4 is 5.32 Å². The predicted octanol–water partition coefficient (Wildman–Crippen LogP) is 8.58. The Balaban J connectivity index is 3.50. The lowest BCUT2D eigenvalue weighted by Gasteiger charge is -2.14. The molecule has 2 N–H and O–H groups in total. The van der Waals surface area contributed by atoms with Gasteiger partial charge >= 0.3 is 11.9 Å². The van der Waals surface area contributed by atoms with Crippen LogP contribution in [0, 0.1) is 0 Å². The highest BCUT2D eigenvalue weighted by atomic mass is 16.5. The minimum Gasteiger partial charge on any atom is -0.480 e. The van der Waals surface area contributed by atoms with E-state index >= 15 is 0 Å². The number of carboxylic acids is 1. The highest BCUT2D eigenvalue weighted by Gasteiger charge is 2.21. The van der Waals surface area contributed by atoms with E-state index in [0.717, 1.165) is 25.7 Å². The Morgan fingerprint density at radius 3 is 1.37 bits per heavy atom. The molecule has 5 nitrogen and oxygen atoms in total. The van der Waals surface area contributed by atoms with Gasteiger partial charge in [-0.25, -0.2) is 0 Å². The summed E-state index contributed by atoms with van der Waals surface area (Å²) in [6.07, 6.45) is 27.8. The topological polar surface area (TPSA) is 75.6 Å². The van der Waals surface area contributed by atoms with Crippen LogP contribution in [0.3, 0.4) is 0 Å². The van der Waals surface area contributed by atoms with E-state index in [2.05, 4.69) is 19.2 Å². The molecule has 1 atom stereocenters. The maximum Gasteiger partial charge on any atom is 0.321 e. The van der Waals surface area contributed by atoms with E-state index in [9.17, 15) is 14.7 Å². The molecule has 0 aromatic carbocycles. The zero-order valence-corrected chi connectivity index (χ0v) is 23.4. The van der Waals surface area contributed by atoms with Crippen molar-refractivity contribution < 1.29 is 19.4 Å². The fourth-order valence-corrected chi connectivity index (χ4v) is 4.49. The summed E-state index contributed by atoms with van der Waals surface area (Å²) in [5, 5.41) is 12.4. The van der Waals surface area contributed by atoms with Gasteiger partial charge in [0.1, 0.15) is 6.04 Å². The smallest absolute Gasteiger partial charge is 0.321 e. The number of nitrogens with one attached hydrogen (secondary N) is 1. The van der Waals surface area contributed by atoms with Gasteiger partial charge in [0, 0.05) is 0 Å². The van der Waals surface area contributed by atoms with Gasteiger partial charge in [0.2, 0.25) is 0 Å². The molecule has 0 aromatic rings. The molecule has 0 saturated heterocycles. The summed E-state index contributed by atoms with van der Waals surface area (Å²) in [6, 6.07) is -0.844. The standard InChI is InChI=1S/C30H59NO4/c1-3-5-7-9-11-12-13-14-15-16-17-18-20-22-24-26-35-29(32)27-28(30(33)34)31-25-23-21-19-10-8-6-4-2/h28,31H,3-27H2,1-2H3,(H,33,34). The summed E-state index contributed by atoms with van der Waals surface area (Å²) in [7, 11) is 0. The molecular weight excluding hydrogens is 438 g/mol. The van der Waals surface area contributed by atoms with Crippen molar-refractivity contribution in [3.05, 3.63) is 0 Å². The van der Waals surface area contributed by atoms with Crippen molar-refractivity contribution in [2.75, 3.05) is 13.2 Å². The van der Waals surface area contributed by atoms with Crippen LogP contribution in [0.5, 0.6) is 0 Å². The SMILES string of the molecule is CCCCCCCCCCCCCCCCCOC(=O)CC(NCCCCCCCCC)C(=O)O. The number of hydrogen-bond donors (Lipinski definition) is 2. The molecule has 0 fully saturated rings. The normalized spacial score (nSPS) is 12.1. The third-order valence-corrected chi connectivity index (χ3v) is 6.85. The summed E-state index contributed by atoms with van der Waals surface area (Å²) in [6.45, 7) is 5.52. The maximum absolute atomic E-state index is 12.0. The molecule has 5 heteroatoms. The monoisotopic (exact) mass is 497 g/mol. The van der Waals surface area contributed by atoms with Gasteiger partial charge < -0.3 is 15.2 Å². The highest BCUT2D eigenvalue weighted by molar-refractivity contribution is 5.81. The van der Waals surface area contributed by atoms with Crippen molar-refractivity contribution in [3.63, 3.8) is 0 Å². The number of esters is 1. The van der Waals surface area contributed by atoms with E-state index in [4.69, 9.17) is 4.74 Å². The van der Waals surface area contributed by atoms with Crippen LogP contribution in [-0.4, -0.2) is 36.2 Å². The fourth-order valence-electron chi connectivity index (χ4n) is 4.49. The number of carbonyl (C=O) groups is 2. The van der Waals surface area contributed by atoms with E-state index in [1.165, 1.54) is 116 Å². The lowest BCUT2D eigenvalue weighted by atomic mass is 10.0. The van der Waals surface area contributed by atoms with Crippen LogP contribution in [0.4, 0.5) is 0 Å². The van der Waals surface area contributed by atoms with Gasteiger partial charge in [0.05, 0.1) is 13.0 Å². The Labute approximate surface area is 217 Å². The van der Waals surface area contributed by atoms with Gasteiger partial charge in [-0.3, -0.25) is 9.59 Å². The van der Waals surface area contributed by atoms with Crippen molar-refractivity contribution in [1.29, 1.82) is 0 Å². The highest BCUT2D eigenvalue weighted by Crippen LogP contribution is 2.13. The quantitative estimate of drug-likeness (QED) is 0.0836. The van der Waals surface area contributed by atoms with Gasteiger partial charge in [-0.1, -0.05) is 142 Å². The number of unbranched alkanes of at least 4 members (excludes halogenated alkanes) is 20. The van der Waals surface area contributed by atoms with Crippen LogP contribution in [0.25, 0.3) is 0 Å². The van der Waals surface area contributed by atoms with Crippen LogP contribution in [0.15, 0.2) is 0 Å². The second kappa shape index (κ2) is 27.5. The lowest BCUT2D eigenvalue weighted by molar-refractivity contribution is -0.149. The van der Waals surface area contributed by atoms with E-state index in [0.29, 0.717) is 13.2 Å². The zero-order chi connectivity index (χ0) is 25.8. The largest absolute Gasteiger partial charge is 0.480 e. The molecule has 0 aromatic heterocycles. The van der Waals surface area contributed by atoms with Crippen molar-refractivity contribution in [3.8, 4) is 0 Å². The van der Waals surface area contributed by atoms with Gasteiger partial charge in [-0.15, -0.1) is 0 Å². The van der Waals surface area contributed by atoms with Crippen LogP contribution in [0.2, 0.25) is 0 Å². The molecular formula is C30H59NO4. The predicted molar refractivity (Wildman–Crippen MR) is 148 cm³/mol. The lowest BCUT2D eigenvalue weighted by Crippen LogP contribution is -2.39. The Morgan fingerprint density at radius 1 is 0.600 bits per heavy atom. The molecule has 0 aliphatic heterocycles. The summed E-state index contributed by atoms with van der Waals surface area (Å²) >= 11 is 0. The number of carbonyl (C=O) groups excluding carboxylic acids is 1. The zero-order valence-electron chi connectivity index (χ0n) is 23.4. The van der Waals surface area contributed by atoms with Gasteiger partial charge in [0.15, 0.2) is 0 Å². The summed E-state index contributed by atoms with van der Waals surface area (Å²) in [4.78, 5) is 23.4. The Hall–Kier alpha value is -1.10. The molecule has 0 spiro atoms. The number of ether oxygens (including phenoxy) is 1. The molecule has 1 unspecified atom stereocenters. The summed E-state index contributed by atoms with van der Waals surface area (Å²) in [5.41, 5.74) is 0. The van der Waals surface area contributed by atoms with E-state index in [1.807, 2.05) is 0 Å². The van der Waals surface area contributed by atoms with E-state index < -0.39 is 18.0 Å². The van der Waals surface area contributed by atoms with E-state index in [-0.39, 0.29) is 6.42 Å². The Bertz CT molecular complexity index is 469. The first kappa shape index (κ1) is 33.9. The minimum atomic E-state index is -0.975. The van der Waals surface area contributed by atoms with Gasteiger partial charge in [0.25, 0.3) is 0 Å². The Morgan fingerprint density at radius 2 is 0.971 bits per heavy atom. The number of hydrogen-bond acceptors (Lipinski definition) is 4. The van der Waals surface area contributed by atoms with Gasteiger partial charge in [-0.2, -0.15) is 0 Å². The van der Waals surface area contributed by atoms with Crippen LogP contribution >= 0.6 is 0 Å². The average Bonchev–Trinajstić information content (AvgIpc) is 2.84. The molecule has 0 rings (SSSR count). The summed E-state index contributed by atoms with van der Waals surface area (Å²) in [5.74, 6) is -1.38. The second-order valence-corrected chi connectivity index (χ2v) is 10.3. The summed E-state index contributed by atoms with van der Waals surface area (Å²) < 4.78 is 5.28. The number of carboxylic acid groups (broad SMARTS) is 1. The van der Waals surface area contributed by atoms with Crippen molar-refractivity contribution >= 4 is 11.9 Å². The molecule has 0 amide bonds.